The molecule has 0 spiro atoms. The Bertz CT molecular complexity index is 381. The van der Waals surface area contributed by atoms with Crippen LogP contribution in [0.3, 0.4) is 0 Å². The van der Waals surface area contributed by atoms with Gasteiger partial charge in [0.05, 0.1) is 18.7 Å². The van der Waals surface area contributed by atoms with Crippen molar-refractivity contribution in [2.45, 2.75) is 19.0 Å². The van der Waals surface area contributed by atoms with Crippen LogP contribution in [0, 0.1) is 0 Å². The monoisotopic (exact) mass is 285 g/mol. The van der Waals surface area contributed by atoms with Crippen LogP contribution in [-0.2, 0) is 0 Å². The number of nitrogens with one attached hydrogen (secondary N) is 1. The summed E-state index contributed by atoms with van der Waals surface area (Å²) in [6, 6.07) is 3.91. The number of hydrogen-bond acceptors (Lipinski definition) is 4. The van der Waals surface area contributed by atoms with Gasteiger partial charge in [0.15, 0.2) is 0 Å². The summed E-state index contributed by atoms with van der Waals surface area (Å²) in [6.45, 7) is 2.32. The molecular weight excluding hydrogens is 262 g/mol. The largest absolute Gasteiger partial charge is 0.394 e. The predicted molar refractivity (Wildman–Crippen MR) is 78.5 cm³/mol. The Balaban J connectivity index is 2.56. The van der Waals surface area contributed by atoms with Gasteiger partial charge in [0.25, 0.3) is 0 Å². The molecule has 0 saturated carbocycles. The van der Waals surface area contributed by atoms with Crippen LogP contribution in [-0.4, -0.2) is 61.3 Å². The Morgan fingerprint density at radius 1 is 1.47 bits per heavy atom. The van der Waals surface area contributed by atoms with E-state index in [2.05, 4.69) is 16.3 Å². The molecule has 0 bridgehead atoms. The molecule has 108 valence electrons. The first-order valence-electron chi connectivity index (χ1n) is 6.28. The molecule has 1 aromatic rings. The number of hydrogen-bond donors (Lipinski definition) is 2. The van der Waals surface area contributed by atoms with E-state index in [1.165, 1.54) is 9.78 Å². The number of aliphatic hydroxyl groups excluding tert-OH is 1. The Hall–Kier alpha value is -1.11. The molecule has 2 amide bonds. The number of aliphatic hydroxyl groups is 1. The van der Waals surface area contributed by atoms with Crippen LogP contribution < -0.4 is 5.32 Å². The lowest BCUT2D eigenvalue weighted by Crippen LogP contribution is -2.46. The summed E-state index contributed by atoms with van der Waals surface area (Å²) in [6.07, 6.45) is 0. The van der Waals surface area contributed by atoms with E-state index >= 15 is 0 Å². The fraction of sp³-hybridized carbons (Fsp3) is 0.615. The van der Waals surface area contributed by atoms with Crippen LogP contribution in [0.1, 0.15) is 17.8 Å². The van der Waals surface area contributed by atoms with Gasteiger partial charge >= 0.3 is 6.03 Å². The molecule has 0 aliphatic heterocycles. The summed E-state index contributed by atoms with van der Waals surface area (Å²) < 4.78 is 0. The summed E-state index contributed by atoms with van der Waals surface area (Å²) in [5.74, 6) is 0. The molecule has 1 aromatic heterocycles. The van der Waals surface area contributed by atoms with Crippen molar-refractivity contribution >= 4 is 17.4 Å². The maximum Gasteiger partial charge on any atom is 0.317 e. The SMILES string of the molecule is CC(CO)N(C)C(=O)NCC(c1cccs1)N(C)C. The average Bonchev–Trinajstić information content (AvgIpc) is 2.90. The molecule has 0 aliphatic carbocycles. The number of likely N-dealkylation sites (N-methyl/N-ethyl adjacent to an activating group) is 2. The van der Waals surface area contributed by atoms with Crippen LogP contribution in [0.2, 0.25) is 0 Å². The molecule has 5 nitrogen and oxygen atoms in total. The fourth-order valence-corrected chi connectivity index (χ4v) is 2.57. The van der Waals surface area contributed by atoms with Crippen molar-refractivity contribution in [2.75, 3.05) is 34.3 Å². The zero-order chi connectivity index (χ0) is 14.4. The third kappa shape index (κ3) is 4.49. The molecule has 0 aliphatic rings. The van der Waals surface area contributed by atoms with Crippen LogP contribution in [0.15, 0.2) is 17.5 Å². The lowest BCUT2D eigenvalue weighted by Gasteiger charge is -2.27. The van der Waals surface area contributed by atoms with E-state index < -0.39 is 0 Å². The van der Waals surface area contributed by atoms with Crippen molar-refractivity contribution in [1.82, 2.24) is 15.1 Å². The lowest BCUT2D eigenvalue weighted by molar-refractivity contribution is 0.155. The van der Waals surface area contributed by atoms with Crippen molar-refractivity contribution in [2.24, 2.45) is 0 Å². The van der Waals surface area contributed by atoms with Gasteiger partial charge in [0.1, 0.15) is 0 Å². The summed E-state index contributed by atoms with van der Waals surface area (Å²) in [5.41, 5.74) is 0. The highest BCUT2D eigenvalue weighted by atomic mass is 32.1. The second kappa shape index (κ2) is 7.47. The minimum Gasteiger partial charge on any atom is -0.394 e. The first-order valence-corrected chi connectivity index (χ1v) is 7.16. The van der Waals surface area contributed by atoms with Crippen LogP contribution in [0.5, 0.6) is 0 Å². The second-order valence-electron chi connectivity index (χ2n) is 4.82. The van der Waals surface area contributed by atoms with E-state index in [1.807, 2.05) is 32.5 Å². The Morgan fingerprint density at radius 2 is 2.16 bits per heavy atom. The smallest absolute Gasteiger partial charge is 0.317 e. The van der Waals surface area contributed by atoms with E-state index in [-0.39, 0.29) is 24.7 Å². The molecule has 19 heavy (non-hydrogen) atoms. The number of amides is 2. The van der Waals surface area contributed by atoms with Crippen molar-refractivity contribution in [3.63, 3.8) is 0 Å². The minimum absolute atomic E-state index is 0.0358. The standard InChI is InChI=1S/C13H23N3O2S/c1-10(9-17)16(4)13(18)14-8-11(15(2)3)12-6-5-7-19-12/h5-7,10-11,17H,8-9H2,1-4H3,(H,14,18). The second-order valence-corrected chi connectivity index (χ2v) is 5.80. The minimum atomic E-state index is -0.181. The van der Waals surface area contributed by atoms with Gasteiger partial charge in [-0.3, -0.25) is 0 Å². The van der Waals surface area contributed by atoms with Crippen molar-refractivity contribution in [3.8, 4) is 0 Å². The molecule has 2 atom stereocenters. The summed E-state index contributed by atoms with van der Waals surface area (Å²) in [4.78, 5) is 16.8. The highest BCUT2D eigenvalue weighted by molar-refractivity contribution is 7.10. The van der Waals surface area contributed by atoms with Gasteiger partial charge in [-0.2, -0.15) is 0 Å². The van der Waals surface area contributed by atoms with E-state index in [0.29, 0.717) is 6.54 Å². The predicted octanol–water partition coefficient (Wildman–Crippen LogP) is 1.37. The zero-order valence-electron chi connectivity index (χ0n) is 12.0. The quantitative estimate of drug-likeness (QED) is 0.830. The molecule has 1 heterocycles. The van der Waals surface area contributed by atoms with Gasteiger partial charge in [-0.05, 0) is 32.5 Å². The molecule has 2 N–H and O–H groups in total. The first kappa shape index (κ1) is 15.9. The van der Waals surface area contributed by atoms with Gasteiger partial charge in [-0.15, -0.1) is 11.3 Å². The summed E-state index contributed by atoms with van der Waals surface area (Å²) in [5, 5.41) is 14.0. The highest BCUT2D eigenvalue weighted by Crippen LogP contribution is 2.22. The van der Waals surface area contributed by atoms with Gasteiger partial charge in [0, 0.05) is 18.5 Å². The fourth-order valence-electron chi connectivity index (χ4n) is 1.65. The van der Waals surface area contributed by atoms with Crippen molar-refractivity contribution in [1.29, 1.82) is 0 Å². The number of carbonyl (C=O) groups is 1. The third-order valence-corrected chi connectivity index (χ3v) is 4.16. The molecule has 0 aromatic carbocycles. The first-order chi connectivity index (χ1) is 8.97. The lowest BCUT2D eigenvalue weighted by atomic mass is 10.2. The number of nitrogens with zero attached hydrogens (tertiary/aromatic N) is 2. The van der Waals surface area contributed by atoms with Crippen LogP contribution in [0.25, 0.3) is 0 Å². The maximum atomic E-state index is 11.9. The number of carbonyl (C=O) groups excluding carboxylic acids is 1. The topological polar surface area (TPSA) is 55.8 Å². The zero-order valence-corrected chi connectivity index (χ0v) is 12.8. The Morgan fingerprint density at radius 3 is 2.63 bits per heavy atom. The van der Waals surface area contributed by atoms with E-state index in [4.69, 9.17) is 5.11 Å². The van der Waals surface area contributed by atoms with E-state index in [1.54, 1.807) is 18.4 Å². The molecule has 1 rings (SSSR count). The molecule has 0 saturated heterocycles. The number of thiophene rings is 1. The highest BCUT2D eigenvalue weighted by Gasteiger charge is 2.19. The molecule has 6 heteroatoms. The van der Waals surface area contributed by atoms with Gasteiger partial charge in [-0.1, -0.05) is 6.07 Å². The normalized spacial score (nSPS) is 14.2. The molecule has 0 fully saturated rings. The number of rotatable bonds is 6. The summed E-state index contributed by atoms with van der Waals surface area (Å²) >= 11 is 1.68. The summed E-state index contributed by atoms with van der Waals surface area (Å²) in [7, 11) is 5.68. The van der Waals surface area contributed by atoms with E-state index in [9.17, 15) is 4.79 Å². The van der Waals surface area contributed by atoms with Crippen LogP contribution >= 0.6 is 11.3 Å². The third-order valence-electron chi connectivity index (χ3n) is 3.19. The van der Waals surface area contributed by atoms with E-state index in [0.717, 1.165) is 0 Å². The average molecular weight is 285 g/mol. The Labute approximate surface area is 118 Å². The maximum absolute atomic E-state index is 11.9. The van der Waals surface area contributed by atoms with Crippen molar-refractivity contribution < 1.29 is 9.90 Å². The van der Waals surface area contributed by atoms with Gasteiger partial charge < -0.3 is 20.2 Å². The van der Waals surface area contributed by atoms with Gasteiger partial charge in [-0.25, -0.2) is 4.79 Å². The van der Waals surface area contributed by atoms with Crippen molar-refractivity contribution in [3.05, 3.63) is 22.4 Å². The Kier molecular flexibility index (Phi) is 6.27. The van der Waals surface area contributed by atoms with Gasteiger partial charge in [0.2, 0.25) is 0 Å². The molecular formula is C13H23N3O2S. The van der Waals surface area contributed by atoms with Crippen LogP contribution in [0.4, 0.5) is 4.79 Å². The molecule has 2 unspecified atom stereocenters. The molecule has 0 radical (unpaired) electrons. The number of urea groups is 1.